The van der Waals surface area contributed by atoms with Gasteiger partial charge in [0.05, 0.1) is 12.8 Å². The van der Waals surface area contributed by atoms with Crippen LogP contribution in [0.25, 0.3) is 0 Å². The van der Waals surface area contributed by atoms with Gasteiger partial charge < -0.3 is 15.0 Å². The number of halogens is 1. The van der Waals surface area contributed by atoms with E-state index in [0.29, 0.717) is 11.3 Å². The molecule has 1 N–H and O–H groups in total. The maximum Gasteiger partial charge on any atom is 0.342 e. The van der Waals surface area contributed by atoms with Crippen molar-refractivity contribution in [1.29, 1.82) is 0 Å². The maximum absolute atomic E-state index is 13.6. The molecule has 1 aromatic rings. The predicted octanol–water partition coefficient (Wildman–Crippen LogP) is 0.971. The van der Waals surface area contributed by atoms with Crippen LogP contribution in [0.3, 0.4) is 0 Å². The lowest BCUT2D eigenvalue weighted by atomic mass is 9.75. The van der Waals surface area contributed by atoms with Crippen molar-refractivity contribution in [3.05, 3.63) is 29.6 Å². The van der Waals surface area contributed by atoms with Crippen LogP contribution >= 0.6 is 0 Å². The highest BCUT2D eigenvalue weighted by molar-refractivity contribution is 6.20. The molecule has 2 atom stereocenters. The van der Waals surface area contributed by atoms with Crippen LogP contribution in [0, 0.1) is 11.7 Å². The summed E-state index contributed by atoms with van der Waals surface area (Å²) in [7, 11) is 2.64. The molecule has 3 amide bonds. The molecular formula is C15H14FN3O4. The largest absolute Gasteiger partial charge is 0.468 e. The Labute approximate surface area is 131 Å². The number of fused-ring (bicyclic) bond motifs is 2. The third-order valence-electron chi connectivity index (χ3n) is 4.26. The summed E-state index contributed by atoms with van der Waals surface area (Å²) in [5.41, 5.74) is -0.879. The fraction of sp³-hybridized carbons (Fsp3) is 0.333. The van der Waals surface area contributed by atoms with E-state index in [0.717, 1.165) is 0 Å². The van der Waals surface area contributed by atoms with Crippen LogP contribution in [0.5, 0.6) is 0 Å². The standard InChI is InChI=1S/C15H14FN3O4/c1-7-11(12(20)23-3)15(18-14(22)17-7)9-5-4-8(16)6-10(9)19(2)13(15)21/h4-6,11H,1-3H3,(H,18,22). The lowest BCUT2D eigenvalue weighted by Crippen LogP contribution is -2.63. The summed E-state index contributed by atoms with van der Waals surface area (Å²) >= 11 is 0. The molecule has 2 aliphatic heterocycles. The molecule has 23 heavy (non-hydrogen) atoms. The average Bonchev–Trinajstić information content (AvgIpc) is 2.69. The van der Waals surface area contributed by atoms with Crippen molar-refractivity contribution in [2.45, 2.75) is 12.5 Å². The van der Waals surface area contributed by atoms with Crippen molar-refractivity contribution in [3.63, 3.8) is 0 Å². The Morgan fingerprint density at radius 2 is 2.13 bits per heavy atom. The van der Waals surface area contributed by atoms with E-state index in [1.807, 2.05) is 0 Å². The van der Waals surface area contributed by atoms with E-state index in [1.54, 1.807) is 0 Å². The molecular weight excluding hydrogens is 305 g/mol. The number of rotatable bonds is 1. The summed E-state index contributed by atoms with van der Waals surface area (Å²) in [5.74, 6) is -2.89. The molecule has 2 unspecified atom stereocenters. The molecule has 0 bridgehead atoms. The van der Waals surface area contributed by atoms with Gasteiger partial charge in [0.1, 0.15) is 11.7 Å². The lowest BCUT2D eigenvalue weighted by molar-refractivity contribution is -0.148. The highest BCUT2D eigenvalue weighted by Crippen LogP contribution is 2.46. The molecule has 0 aliphatic carbocycles. The van der Waals surface area contributed by atoms with Crippen molar-refractivity contribution >= 4 is 29.3 Å². The van der Waals surface area contributed by atoms with Crippen LogP contribution < -0.4 is 10.2 Å². The first kappa shape index (κ1) is 15.1. The molecule has 0 aromatic heterocycles. The number of hydrogen-bond donors (Lipinski definition) is 1. The van der Waals surface area contributed by atoms with Gasteiger partial charge in [-0.15, -0.1) is 0 Å². The molecule has 0 fully saturated rings. The van der Waals surface area contributed by atoms with Gasteiger partial charge in [-0.25, -0.2) is 14.2 Å². The molecule has 0 saturated carbocycles. The fourth-order valence-electron chi connectivity index (χ4n) is 3.28. The number of hydrogen-bond acceptors (Lipinski definition) is 4. The number of likely N-dealkylation sites (N-methyl/N-ethyl adjacent to an activating group) is 1. The Balaban J connectivity index is 2.31. The van der Waals surface area contributed by atoms with Gasteiger partial charge in [0.15, 0.2) is 5.54 Å². The van der Waals surface area contributed by atoms with E-state index in [-0.39, 0.29) is 5.71 Å². The quantitative estimate of drug-likeness (QED) is 0.781. The molecule has 3 rings (SSSR count). The van der Waals surface area contributed by atoms with Crippen LogP contribution in [0.15, 0.2) is 23.2 Å². The minimum Gasteiger partial charge on any atom is -0.468 e. The third kappa shape index (κ3) is 1.87. The second-order valence-electron chi connectivity index (χ2n) is 5.47. The molecule has 2 aliphatic rings. The van der Waals surface area contributed by atoms with Gasteiger partial charge in [-0.05, 0) is 19.1 Å². The highest BCUT2D eigenvalue weighted by Gasteiger charge is 2.61. The van der Waals surface area contributed by atoms with Gasteiger partial charge in [0, 0.05) is 18.3 Å². The zero-order chi connectivity index (χ0) is 16.9. The average molecular weight is 319 g/mol. The number of carbonyl (C=O) groups is 3. The predicted molar refractivity (Wildman–Crippen MR) is 78.6 cm³/mol. The van der Waals surface area contributed by atoms with Gasteiger partial charge in [0.2, 0.25) is 0 Å². The van der Waals surface area contributed by atoms with Crippen molar-refractivity contribution in [2.75, 3.05) is 19.1 Å². The van der Waals surface area contributed by atoms with E-state index in [4.69, 9.17) is 4.74 Å². The number of amides is 3. The number of ether oxygens (including phenoxy) is 1. The molecule has 120 valence electrons. The third-order valence-corrected chi connectivity index (χ3v) is 4.26. The summed E-state index contributed by atoms with van der Waals surface area (Å²) in [6.45, 7) is 1.48. The summed E-state index contributed by atoms with van der Waals surface area (Å²) in [6.07, 6.45) is 0. The Morgan fingerprint density at radius 3 is 2.78 bits per heavy atom. The number of anilines is 1. The van der Waals surface area contributed by atoms with Gasteiger partial charge in [-0.3, -0.25) is 9.59 Å². The smallest absolute Gasteiger partial charge is 0.342 e. The number of esters is 1. The van der Waals surface area contributed by atoms with E-state index < -0.39 is 35.2 Å². The molecule has 7 nitrogen and oxygen atoms in total. The number of carbonyl (C=O) groups excluding carboxylic acids is 3. The number of urea groups is 1. The van der Waals surface area contributed by atoms with Gasteiger partial charge in [0.25, 0.3) is 5.91 Å². The Morgan fingerprint density at radius 1 is 1.43 bits per heavy atom. The van der Waals surface area contributed by atoms with Gasteiger partial charge >= 0.3 is 12.0 Å². The zero-order valence-corrected chi connectivity index (χ0v) is 12.7. The Hall–Kier alpha value is -2.77. The molecule has 0 radical (unpaired) electrons. The van der Waals surface area contributed by atoms with Crippen LogP contribution in [0.4, 0.5) is 14.9 Å². The normalized spacial score (nSPS) is 26.0. The van der Waals surface area contributed by atoms with E-state index in [9.17, 15) is 18.8 Å². The summed E-state index contributed by atoms with van der Waals surface area (Å²) in [6, 6.07) is 3.01. The van der Waals surface area contributed by atoms with E-state index >= 15 is 0 Å². The second-order valence-corrected chi connectivity index (χ2v) is 5.47. The molecule has 8 heteroatoms. The van der Waals surface area contributed by atoms with Gasteiger partial charge in [-0.2, -0.15) is 0 Å². The summed E-state index contributed by atoms with van der Waals surface area (Å²) < 4.78 is 18.3. The number of methoxy groups -OCH3 is 1. The first-order valence-corrected chi connectivity index (χ1v) is 6.86. The Bertz CT molecular complexity index is 776. The van der Waals surface area contributed by atoms with E-state index in [1.165, 1.54) is 44.2 Å². The van der Waals surface area contributed by atoms with Gasteiger partial charge in [-0.1, -0.05) is 6.07 Å². The minimum absolute atomic E-state index is 0.166. The number of nitrogens with zero attached hydrogens (tertiary/aromatic N) is 2. The van der Waals surface area contributed by atoms with Crippen LogP contribution in [0.2, 0.25) is 0 Å². The number of aliphatic imine (C=N–C) groups is 1. The van der Waals surface area contributed by atoms with Crippen LogP contribution in [-0.2, 0) is 19.9 Å². The molecule has 1 aromatic carbocycles. The zero-order valence-electron chi connectivity index (χ0n) is 12.7. The highest BCUT2D eigenvalue weighted by atomic mass is 19.1. The fourth-order valence-corrected chi connectivity index (χ4v) is 3.28. The maximum atomic E-state index is 13.6. The molecule has 2 heterocycles. The molecule has 1 spiro atoms. The topological polar surface area (TPSA) is 88.1 Å². The van der Waals surface area contributed by atoms with E-state index in [2.05, 4.69) is 10.3 Å². The number of nitrogens with one attached hydrogen (secondary N) is 1. The van der Waals surface area contributed by atoms with Crippen molar-refractivity contribution in [1.82, 2.24) is 5.32 Å². The van der Waals surface area contributed by atoms with Crippen molar-refractivity contribution < 1.29 is 23.5 Å². The van der Waals surface area contributed by atoms with Crippen molar-refractivity contribution in [2.24, 2.45) is 10.9 Å². The first-order chi connectivity index (χ1) is 10.8. The lowest BCUT2D eigenvalue weighted by Gasteiger charge is -2.37. The summed E-state index contributed by atoms with van der Waals surface area (Å²) in [4.78, 5) is 42.0. The van der Waals surface area contributed by atoms with Crippen LogP contribution in [0.1, 0.15) is 12.5 Å². The monoisotopic (exact) mass is 319 g/mol. The Kier molecular flexibility index (Phi) is 3.20. The minimum atomic E-state index is -1.67. The number of benzene rings is 1. The molecule has 0 saturated heterocycles. The van der Waals surface area contributed by atoms with Crippen LogP contribution in [-0.4, -0.2) is 37.8 Å². The second kappa shape index (κ2) is 4.87. The first-order valence-electron chi connectivity index (χ1n) is 6.86. The summed E-state index contributed by atoms with van der Waals surface area (Å²) in [5, 5.41) is 2.50. The SMILES string of the molecule is COC(=O)C1C(C)=NC(=O)NC12C(=O)N(C)c1cc(F)ccc12. The van der Waals surface area contributed by atoms with Crippen molar-refractivity contribution in [3.8, 4) is 0 Å².